The molecule has 6 nitrogen and oxygen atoms in total. The third-order valence-electron chi connectivity index (χ3n) is 4.66. The Morgan fingerprint density at radius 3 is 2.50 bits per heavy atom. The molecule has 1 saturated heterocycles. The van der Waals surface area contributed by atoms with Crippen LogP contribution in [0, 0.1) is 22.9 Å². The molecular weight excluding hydrogens is 337 g/mol. The fraction of sp³-hybridized carbons (Fsp3) is 0.316. The van der Waals surface area contributed by atoms with E-state index >= 15 is 0 Å². The molecule has 3 rings (SSSR count). The van der Waals surface area contributed by atoms with E-state index in [1.54, 1.807) is 42.2 Å². The van der Waals surface area contributed by atoms with E-state index in [4.69, 9.17) is 0 Å². The molecular formula is C19H20FN3O3. The highest BCUT2D eigenvalue weighted by Gasteiger charge is 2.24. The summed E-state index contributed by atoms with van der Waals surface area (Å²) in [7, 11) is 0. The normalized spacial score (nSPS) is 15.1. The summed E-state index contributed by atoms with van der Waals surface area (Å²) in [6, 6.07) is 11.2. The van der Waals surface area contributed by atoms with Crippen LogP contribution >= 0.6 is 0 Å². The van der Waals surface area contributed by atoms with Crippen molar-refractivity contribution in [3.05, 3.63) is 75.1 Å². The van der Waals surface area contributed by atoms with E-state index in [2.05, 4.69) is 4.90 Å². The molecule has 7 heteroatoms. The fourth-order valence-corrected chi connectivity index (χ4v) is 3.08. The van der Waals surface area contributed by atoms with Crippen molar-refractivity contribution in [2.75, 3.05) is 26.2 Å². The average molecular weight is 357 g/mol. The molecule has 0 spiro atoms. The Morgan fingerprint density at radius 1 is 1.15 bits per heavy atom. The van der Waals surface area contributed by atoms with Crippen molar-refractivity contribution in [2.45, 2.75) is 13.5 Å². The monoisotopic (exact) mass is 357 g/mol. The van der Waals surface area contributed by atoms with Crippen molar-refractivity contribution in [3.63, 3.8) is 0 Å². The lowest BCUT2D eigenvalue weighted by molar-refractivity contribution is -0.385. The summed E-state index contributed by atoms with van der Waals surface area (Å²) >= 11 is 0. The van der Waals surface area contributed by atoms with Gasteiger partial charge in [0.2, 0.25) is 0 Å². The highest BCUT2D eigenvalue weighted by Crippen LogP contribution is 2.20. The minimum atomic E-state index is -0.383. The largest absolute Gasteiger partial charge is 0.336 e. The third kappa shape index (κ3) is 3.88. The van der Waals surface area contributed by atoms with Gasteiger partial charge in [-0.2, -0.15) is 0 Å². The van der Waals surface area contributed by atoms with Gasteiger partial charge < -0.3 is 4.90 Å². The maximum absolute atomic E-state index is 13.7. The molecule has 0 aliphatic carbocycles. The van der Waals surface area contributed by atoms with Crippen LogP contribution in [0.1, 0.15) is 21.5 Å². The molecule has 26 heavy (non-hydrogen) atoms. The van der Waals surface area contributed by atoms with Gasteiger partial charge in [0.25, 0.3) is 11.6 Å². The van der Waals surface area contributed by atoms with Crippen LogP contribution in [0.3, 0.4) is 0 Å². The summed E-state index contributed by atoms with van der Waals surface area (Å²) in [5.74, 6) is -0.569. The Morgan fingerprint density at radius 2 is 1.85 bits per heavy atom. The van der Waals surface area contributed by atoms with Crippen molar-refractivity contribution in [2.24, 2.45) is 0 Å². The number of carbonyl (C=O) groups excluding carboxylic acids is 1. The summed E-state index contributed by atoms with van der Waals surface area (Å²) in [6.45, 7) is 4.38. The summed E-state index contributed by atoms with van der Waals surface area (Å²) in [5.41, 5.74) is 1.63. The topological polar surface area (TPSA) is 66.7 Å². The first-order chi connectivity index (χ1) is 12.5. The SMILES string of the molecule is Cc1ccc(C(=O)N2CCN(Cc3ccccc3[N+](=O)[O-])CC2)cc1F. The molecule has 0 bridgehead atoms. The molecule has 1 aliphatic heterocycles. The number of aryl methyl sites for hydroxylation is 1. The van der Waals surface area contributed by atoms with Crippen LogP contribution in [0.5, 0.6) is 0 Å². The quantitative estimate of drug-likeness (QED) is 0.623. The molecule has 136 valence electrons. The van der Waals surface area contributed by atoms with Crippen LogP contribution in [0.4, 0.5) is 10.1 Å². The predicted octanol–water partition coefficient (Wildman–Crippen LogP) is 3.00. The summed E-state index contributed by atoms with van der Waals surface area (Å²) in [6.07, 6.45) is 0. The van der Waals surface area contributed by atoms with Gasteiger partial charge in [-0.3, -0.25) is 19.8 Å². The van der Waals surface area contributed by atoms with Crippen molar-refractivity contribution >= 4 is 11.6 Å². The van der Waals surface area contributed by atoms with Crippen LogP contribution < -0.4 is 0 Å². The first-order valence-corrected chi connectivity index (χ1v) is 8.46. The van der Waals surface area contributed by atoms with E-state index in [0.717, 1.165) is 0 Å². The standard InChI is InChI=1S/C19H20FN3O3/c1-14-6-7-15(12-17(14)20)19(24)22-10-8-21(9-11-22)13-16-4-2-3-5-18(16)23(25)26/h2-7,12H,8-11,13H2,1H3. The second kappa shape index (κ2) is 7.61. The number of carbonyl (C=O) groups is 1. The molecule has 1 fully saturated rings. The van der Waals surface area contributed by atoms with Gasteiger partial charge in [-0.25, -0.2) is 4.39 Å². The Bertz CT molecular complexity index is 833. The maximum atomic E-state index is 13.7. The van der Waals surface area contributed by atoms with Gasteiger partial charge >= 0.3 is 0 Å². The van der Waals surface area contributed by atoms with E-state index in [1.807, 2.05) is 0 Å². The van der Waals surface area contributed by atoms with Gasteiger partial charge in [-0.15, -0.1) is 0 Å². The second-order valence-corrected chi connectivity index (χ2v) is 6.42. The van der Waals surface area contributed by atoms with Crippen LogP contribution in [0.25, 0.3) is 0 Å². The molecule has 2 aromatic carbocycles. The number of amides is 1. The van der Waals surface area contributed by atoms with Crippen molar-refractivity contribution in [1.29, 1.82) is 0 Å². The van der Waals surface area contributed by atoms with Crippen LogP contribution in [-0.2, 0) is 6.54 Å². The third-order valence-corrected chi connectivity index (χ3v) is 4.66. The molecule has 0 atom stereocenters. The Labute approximate surface area is 151 Å². The summed E-state index contributed by atoms with van der Waals surface area (Å²) in [4.78, 5) is 27.0. The first-order valence-electron chi connectivity index (χ1n) is 8.46. The van der Waals surface area contributed by atoms with Gasteiger partial charge in [0.1, 0.15) is 5.82 Å². The zero-order chi connectivity index (χ0) is 18.7. The van der Waals surface area contributed by atoms with Gasteiger partial charge in [0, 0.05) is 49.9 Å². The van der Waals surface area contributed by atoms with Gasteiger partial charge in [-0.1, -0.05) is 24.3 Å². The minimum absolute atomic E-state index is 0.112. The highest BCUT2D eigenvalue weighted by molar-refractivity contribution is 5.94. The molecule has 0 unspecified atom stereocenters. The number of nitro benzene ring substituents is 1. The number of benzene rings is 2. The smallest absolute Gasteiger partial charge is 0.273 e. The van der Waals surface area contributed by atoms with E-state index in [0.29, 0.717) is 49.4 Å². The number of rotatable bonds is 4. The lowest BCUT2D eigenvalue weighted by Crippen LogP contribution is -2.48. The minimum Gasteiger partial charge on any atom is -0.336 e. The van der Waals surface area contributed by atoms with E-state index < -0.39 is 0 Å². The van der Waals surface area contributed by atoms with Gasteiger partial charge in [0.15, 0.2) is 0 Å². The first kappa shape index (κ1) is 18.0. The predicted molar refractivity (Wildman–Crippen MR) is 95.4 cm³/mol. The number of halogens is 1. The van der Waals surface area contributed by atoms with Crippen molar-refractivity contribution < 1.29 is 14.1 Å². The summed E-state index contributed by atoms with van der Waals surface area (Å²) in [5, 5.41) is 11.1. The molecule has 1 heterocycles. The van der Waals surface area contributed by atoms with Gasteiger partial charge in [0.05, 0.1) is 4.92 Å². The zero-order valence-corrected chi connectivity index (χ0v) is 14.5. The van der Waals surface area contributed by atoms with E-state index in [1.165, 1.54) is 12.1 Å². The molecule has 0 saturated carbocycles. The number of hydrogen-bond acceptors (Lipinski definition) is 4. The molecule has 2 aromatic rings. The second-order valence-electron chi connectivity index (χ2n) is 6.42. The molecule has 0 radical (unpaired) electrons. The lowest BCUT2D eigenvalue weighted by Gasteiger charge is -2.34. The van der Waals surface area contributed by atoms with E-state index in [9.17, 15) is 19.3 Å². The number of para-hydroxylation sites is 1. The fourth-order valence-electron chi connectivity index (χ4n) is 3.08. The van der Waals surface area contributed by atoms with Gasteiger partial charge in [-0.05, 0) is 24.6 Å². The summed E-state index contributed by atoms with van der Waals surface area (Å²) < 4.78 is 13.7. The number of nitrogens with zero attached hydrogens (tertiary/aromatic N) is 3. The van der Waals surface area contributed by atoms with Crippen LogP contribution in [0.2, 0.25) is 0 Å². The van der Waals surface area contributed by atoms with Crippen LogP contribution in [-0.4, -0.2) is 46.8 Å². The Hall–Kier alpha value is -2.80. The van der Waals surface area contributed by atoms with E-state index in [-0.39, 0.29) is 22.3 Å². The maximum Gasteiger partial charge on any atom is 0.273 e. The number of piperazine rings is 1. The molecule has 0 aromatic heterocycles. The Balaban J connectivity index is 1.61. The number of hydrogen-bond donors (Lipinski definition) is 0. The molecule has 1 amide bonds. The zero-order valence-electron chi connectivity index (χ0n) is 14.5. The van der Waals surface area contributed by atoms with Crippen LogP contribution in [0.15, 0.2) is 42.5 Å². The Kier molecular flexibility index (Phi) is 5.27. The average Bonchev–Trinajstić information content (AvgIpc) is 2.64. The highest BCUT2D eigenvalue weighted by atomic mass is 19.1. The molecule has 1 aliphatic rings. The molecule has 0 N–H and O–H groups in total. The van der Waals surface area contributed by atoms with Crippen molar-refractivity contribution in [3.8, 4) is 0 Å². The van der Waals surface area contributed by atoms with Crippen molar-refractivity contribution in [1.82, 2.24) is 9.80 Å². The lowest BCUT2D eigenvalue weighted by atomic mass is 10.1. The number of nitro groups is 1.